The number of aromatic nitrogens is 3. The Kier molecular flexibility index (Phi) is 5.08. The number of halogens is 1. The van der Waals surface area contributed by atoms with Crippen LogP contribution in [0, 0.1) is 5.82 Å². The molecule has 0 N–H and O–H groups in total. The second kappa shape index (κ2) is 8.18. The first-order valence-corrected chi connectivity index (χ1v) is 10.3. The van der Waals surface area contributed by atoms with Gasteiger partial charge in [-0.05, 0) is 73.5 Å². The van der Waals surface area contributed by atoms with Crippen molar-refractivity contribution >= 4 is 5.91 Å². The monoisotopic (exact) mass is 416 g/mol. The number of hydrogen-bond donors (Lipinski definition) is 0. The number of carbonyl (C=O) groups is 1. The molecule has 1 aliphatic rings. The van der Waals surface area contributed by atoms with Gasteiger partial charge in [-0.3, -0.25) is 4.79 Å². The molecule has 2 aromatic carbocycles. The molecule has 5 rings (SSSR count). The van der Waals surface area contributed by atoms with E-state index in [0.717, 1.165) is 18.5 Å². The van der Waals surface area contributed by atoms with Crippen LogP contribution in [-0.4, -0.2) is 38.6 Å². The minimum absolute atomic E-state index is 0.00188. The van der Waals surface area contributed by atoms with Crippen molar-refractivity contribution < 1.29 is 13.7 Å². The molecule has 1 aliphatic heterocycles. The van der Waals surface area contributed by atoms with Crippen LogP contribution in [-0.2, 0) is 0 Å². The van der Waals surface area contributed by atoms with E-state index in [4.69, 9.17) is 4.52 Å². The van der Waals surface area contributed by atoms with E-state index in [2.05, 4.69) is 10.1 Å². The van der Waals surface area contributed by atoms with Gasteiger partial charge in [0.2, 0.25) is 11.7 Å². The highest BCUT2D eigenvalue weighted by molar-refractivity contribution is 5.94. The Hall–Kier alpha value is -3.74. The van der Waals surface area contributed by atoms with E-state index < -0.39 is 0 Å². The lowest BCUT2D eigenvalue weighted by atomic mass is 9.97. The van der Waals surface area contributed by atoms with Gasteiger partial charge in [-0.2, -0.15) is 4.98 Å². The number of piperidine rings is 1. The molecule has 1 amide bonds. The lowest BCUT2D eigenvalue weighted by Crippen LogP contribution is -2.39. The van der Waals surface area contributed by atoms with Crippen molar-refractivity contribution in [3.8, 4) is 17.1 Å². The van der Waals surface area contributed by atoms with Crippen LogP contribution in [0.15, 0.2) is 77.6 Å². The van der Waals surface area contributed by atoms with Crippen molar-refractivity contribution in [1.29, 1.82) is 0 Å². The molecule has 7 heteroatoms. The van der Waals surface area contributed by atoms with Crippen LogP contribution in [0.3, 0.4) is 0 Å². The molecule has 0 radical (unpaired) electrons. The number of carbonyl (C=O) groups excluding carboxylic acids is 1. The van der Waals surface area contributed by atoms with Crippen LogP contribution >= 0.6 is 0 Å². The van der Waals surface area contributed by atoms with Gasteiger partial charge in [0.05, 0.1) is 5.92 Å². The summed E-state index contributed by atoms with van der Waals surface area (Å²) in [5.74, 6) is 0.620. The minimum atomic E-state index is -0.310. The van der Waals surface area contributed by atoms with Crippen molar-refractivity contribution in [3.63, 3.8) is 0 Å². The third-order valence-corrected chi connectivity index (χ3v) is 5.62. The Bertz CT molecular complexity index is 1170. The van der Waals surface area contributed by atoms with E-state index in [1.165, 1.54) is 12.1 Å². The van der Waals surface area contributed by atoms with E-state index in [9.17, 15) is 9.18 Å². The summed E-state index contributed by atoms with van der Waals surface area (Å²) < 4.78 is 20.6. The molecule has 0 unspecified atom stereocenters. The second-order valence-corrected chi connectivity index (χ2v) is 7.69. The largest absolute Gasteiger partial charge is 0.339 e. The summed E-state index contributed by atoms with van der Waals surface area (Å²) in [6.07, 6.45) is 5.68. The highest BCUT2D eigenvalue weighted by Crippen LogP contribution is 2.28. The van der Waals surface area contributed by atoms with Gasteiger partial charge in [0, 0.05) is 42.3 Å². The molecule has 1 saturated heterocycles. The molecular formula is C24H21FN4O2. The lowest BCUT2D eigenvalue weighted by Gasteiger charge is -2.31. The van der Waals surface area contributed by atoms with Gasteiger partial charge in [-0.15, -0.1) is 0 Å². The first kappa shape index (κ1) is 19.2. The first-order valence-electron chi connectivity index (χ1n) is 10.3. The summed E-state index contributed by atoms with van der Waals surface area (Å²) in [6, 6.07) is 17.5. The van der Waals surface area contributed by atoms with Gasteiger partial charge >= 0.3 is 0 Å². The van der Waals surface area contributed by atoms with Gasteiger partial charge < -0.3 is 14.0 Å². The van der Waals surface area contributed by atoms with Crippen LogP contribution in [0.2, 0.25) is 0 Å². The summed E-state index contributed by atoms with van der Waals surface area (Å²) in [4.78, 5) is 19.4. The molecule has 0 aliphatic carbocycles. The SMILES string of the molecule is O=C(c1ccc(-n2cccc2)cc1)N1CCC[C@@H](c2nc(-c3ccc(F)cc3)no2)C1. The number of rotatable bonds is 4. The Labute approximate surface area is 178 Å². The lowest BCUT2D eigenvalue weighted by molar-refractivity contribution is 0.0695. The average molecular weight is 416 g/mol. The maximum Gasteiger partial charge on any atom is 0.253 e. The third-order valence-electron chi connectivity index (χ3n) is 5.62. The zero-order valence-corrected chi connectivity index (χ0v) is 16.8. The molecule has 31 heavy (non-hydrogen) atoms. The van der Waals surface area contributed by atoms with Gasteiger partial charge in [-0.1, -0.05) is 5.16 Å². The Morgan fingerprint density at radius 3 is 2.52 bits per heavy atom. The number of nitrogens with zero attached hydrogens (tertiary/aromatic N) is 4. The van der Waals surface area contributed by atoms with Crippen LogP contribution in [0.25, 0.3) is 17.1 Å². The zero-order valence-electron chi connectivity index (χ0n) is 16.8. The summed E-state index contributed by atoms with van der Waals surface area (Å²) in [6.45, 7) is 1.23. The van der Waals surface area contributed by atoms with Gasteiger partial charge in [0.15, 0.2) is 0 Å². The number of amides is 1. The second-order valence-electron chi connectivity index (χ2n) is 7.69. The zero-order chi connectivity index (χ0) is 21.2. The third kappa shape index (κ3) is 3.99. The van der Waals surface area contributed by atoms with E-state index in [1.54, 1.807) is 12.1 Å². The predicted molar refractivity (Wildman–Crippen MR) is 113 cm³/mol. The molecule has 1 atom stereocenters. The summed E-state index contributed by atoms with van der Waals surface area (Å²) >= 11 is 0. The molecule has 3 heterocycles. The standard InChI is InChI=1S/C24H21FN4O2/c25-20-9-5-17(6-10-20)22-26-23(31-27-22)19-4-3-15-29(16-19)24(30)18-7-11-21(12-8-18)28-13-1-2-14-28/h1-2,5-14,19H,3-4,15-16H2/t19-/m1/s1. The van der Waals surface area contributed by atoms with Gasteiger partial charge in [-0.25, -0.2) is 4.39 Å². The van der Waals surface area contributed by atoms with Crippen molar-refractivity contribution in [1.82, 2.24) is 19.6 Å². The molecule has 0 spiro atoms. The Morgan fingerprint density at radius 1 is 1.03 bits per heavy atom. The molecule has 0 saturated carbocycles. The molecule has 156 valence electrons. The van der Waals surface area contributed by atoms with Crippen molar-refractivity contribution in [3.05, 3.63) is 90.3 Å². The molecule has 1 fully saturated rings. The average Bonchev–Trinajstić information content (AvgIpc) is 3.52. The molecule has 2 aromatic heterocycles. The van der Waals surface area contributed by atoms with Crippen molar-refractivity contribution in [2.24, 2.45) is 0 Å². The van der Waals surface area contributed by atoms with Gasteiger partial charge in [0.25, 0.3) is 5.91 Å². The summed E-state index contributed by atoms with van der Waals surface area (Å²) in [5, 5.41) is 4.04. The normalized spacial score (nSPS) is 16.4. The van der Waals surface area contributed by atoms with Crippen molar-refractivity contribution in [2.75, 3.05) is 13.1 Å². The molecule has 0 bridgehead atoms. The predicted octanol–water partition coefficient (Wildman–Crippen LogP) is 4.69. The van der Waals surface area contributed by atoms with E-state index >= 15 is 0 Å². The van der Waals surface area contributed by atoms with Crippen LogP contribution in [0.1, 0.15) is 35.0 Å². The fourth-order valence-electron chi connectivity index (χ4n) is 3.95. The number of hydrogen-bond acceptors (Lipinski definition) is 4. The number of benzene rings is 2. The molecule has 6 nitrogen and oxygen atoms in total. The molecule has 4 aromatic rings. The number of likely N-dealkylation sites (tertiary alicyclic amines) is 1. The van der Waals surface area contributed by atoms with Crippen molar-refractivity contribution in [2.45, 2.75) is 18.8 Å². The summed E-state index contributed by atoms with van der Waals surface area (Å²) in [5.41, 5.74) is 2.37. The smallest absolute Gasteiger partial charge is 0.253 e. The highest BCUT2D eigenvalue weighted by atomic mass is 19.1. The maximum atomic E-state index is 13.1. The van der Waals surface area contributed by atoms with Crippen LogP contribution in [0.5, 0.6) is 0 Å². The fraction of sp³-hybridized carbons (Fsp3) is 0.208. The topological polar surface area (TPSA) is 64.2 Å². The minimum Gasteiger partial charge on any atom is -0.339 e. The van der Waals surface area contributed by atoms with E-state index in [0.29, 0.717) is 35.9 Å². The van der Waals surface area contributed by atoms with E-state index in [-0.39, 0.29) is 17.6 Å². The van der Waals surface area contributed by atoms with Crippen LogP contribution < -0.4 is 0 Å². The van der Waals surface area contributed by atoms with Gasteiger partial charge in [0.1, 0.15) is 5.82 Å². The maximum absolute atomic E-state index is 13.1. The van der Waals surface area contributed by atoms with Crippen LogP contribution in [0.4, 0.5) is 4.39 Å². The Balaban J connectivity index is 1.29. The fourth-order valence-corrected chi connectivity index (χ4v) is 3.95. The Morgan fingerprint density at radius 2 is 1.77 bits per heavy atom. The highest BCUT2D eigenvalue weighted by Gasteiger charge is 2.29. The summed E-state index contributed by atoms with van der Waals surface area (Å²) in [7, 11) is 0. The molecular weight excluding hydrogens is 395 g/mol. The first-order chi connectivity index (χ1) is 15.2. The van der Waals surface area contributed by atoms with E-state index in [1.807, 2.05) is 58.3 Å². The quantitative estimate of drug-likeness (QED) is 0.484.